The van der Waals surface area contributed by atoms with Gasteiger partial charge in [0, 0.05) is 6.54 Å². The Bertz CT molecular complexity index is 325. The van der Waals surface area contributed by atoms with E-state index in [9.17, 15) is 4.79 Å². The van der Waals surface area contributed by atoms with Crippen molar-refractivity contribution in [3.63, 3.8) is 0 Å². The van der Waals surface area contributed by atoms with Crippen LogP contribution in [0, 0.1) is 0 Å². The number of thioether (sulfide) groups is 1. The average Bonchev–Trinajstić information content (AvgIpc) is 2.64. The lowest BCUT2D eigenvalue weighted by molar-refractivity contribution is -0.118. The lowest BCUT2D eigenvalue weighted by Gasteiger charge is -2.00. The highest BCUT2D eigenvalue weighted by Crippen LogP contribution is 2.24. The number of amides is 1. The third-order valence-electron chi connectivity index (χ3n) is 1.73. The summed E-state index contributed by atoms with van der Waals surface area (Å²) in [5, 5.41) is 9.55. The molecule has 1 aromatic rings. The highest BCUT2D eigenvalue weighted by Gasteiger charge is 2.26. The zero-order valence-corrected chi connectivity index (χ0v) is 7.60. The summed E-state index contributed by atoms with van der Waals surface area (Å²) < 4.78 is 0. The Morgan fingerprint density at radius 2 is 2.46 bits per heavy atom. The second-order valence-electron chi connectivity index (χ2n) is 2.69. The van der Waals surface area contributed by atoms with E-state index in [1.807, 2.05) is 0 Å². The summed E-state index contributed by atoms with van der Waals surface area (Å²) in [5.41, 5.74) is 5.34. The molecule has 1 saturated heterocycles. The maximum atomic E-state index is 11.2. The fraction of sp³-hybridized carbons (Fsp3) is 0.500. The summed E-state index contributed by atoms with van der Waals surface area (Å²) in [5.74, 6) is 0.328. The molecule has 2 heterocycles. The van der Waals surface area contributed by atoms with Crippen LogP contribution in [0.4, 0.5) is 5.95 Å². The van der Waals surface area contributed by atoms with Gasteiger partial charge in [-0.05, 0) is 6.42 Å². The van der Waals surface area contributed by atoms with Gasteiger partial charge in [-0.2, -0.15) is 4.98 Å². The molecule has 0 aromatic carbocycles. The van der Waals surface area contributed by atoms with Crippen molar-refractivity contribution in [2.45, 2.75) is 16.8 Å². The van der Waals surface area contributed by atoms with Gasteiger partial charge in [-0.25, -0.2) is 5.10 Å². The molecule has 13 heavy (non-hydrogen) atoms. The van der Waals surface area contributed by atoms with Crippen LogP contribution < -0.4 is 11.1 Å². The van der Waals surface area contributed by atoms with Crippen LogP contribution in [0.3, 0.4) is 0 Å². The topological polar surface area (TPSA) is 96.7 Å². The quantitative estimate of drug-likeness (QED) is 0.589. The molecule has 1 unspecified atom stereocenters. The molecule has 1 fully saturated rings. The van der Waals surface area contributed by atoms with E-state index in [1.54, 1.807) is 0 Å². The molecule has 1 atom stereocenters. The van der Waals surface area contributed by atoms with Gasteiger partial charge in [0.15, 0.2) is 0 Å². The third-order valence-corrected chi connectivity index (χ3v) is 2.86. The van der Waals surface area contributed by atoms with Crippen LogP contribution in [-0.4, -0.2) is 32.9 Å². The zero-order valence-electron chi connectivity index (χ0n) is 6.78. The van der Waals surface area contributed by atoms with E-state index >= 15 is 0 Å². The van der Waals surface area contributed by atoms with Gasteiger partial charge in [0.05, 0.1) is 5.25 Å². The molecular formula is C6H9N5OS. The molecule has 0 aliphatic carbocycles. The Morgan fingerprint density at radius 3 is 3.00 bits per heavy atom. The summed E-state index contributed by atoms with van der Waals surface area (Å²) in [6.45, 7) is 0.733. The number of nitrogens with two attached hydrogens (primary N) is 1. The maximum absolute atomic E-state index is 11.2. The highest BCUT2D eigenvalue weighted by atomic mass is 32.2. The van der Waals surface area contributed by atoms with Gasteiger partial charge in [0.25, 0.3) is 0 Å². The number of anilines is 1. The van der Waals surface area contributed by atoms with E-state index in [1.165, 1.54) is 11.8 Å². The first kappa shape index (κ1) is 8.36. The number of nitrogens with one attached hydrogen (secondary N) is 2. The van der Waals surface area contributed by atoms with E-state index in [4.69, 9.17) is 5.73 Å². The standard InChI is InChI=1S/C6H9N5OS/c7-5-9-6(11-10-5)13-3-1-2-8-4(3)12/h3H,1-2H2,(H,8,12)(H3,7,9,10,11). The SMILES string of the molecule is Nc1nc(SC2CCNC2=O)n[nH]1. The fourth-order valence-electron chi connectivity index (χ4n) is 1.12. The van der Waals surface area contributed by atoms with Crippen molar-refractivity contribution < 1.29 is 4.79 Å². The second kappa shape index (κ2) is 3.25. The second-order valence-corrected chi connectivity index (χ2v) is 3.86. The Balaban J connectivity index is 2.01. The van der Waals surface area contributed by atoms with Gasteiger partial charge < -0.3 is 11.1 Å². The van der Waals surface area contributed by atoms with Gasteiger partial charge in [-0.1, -0.05) is 11.8 Å². The first-order valence-electron chi connectivity index (χ1n) is 3.88. The molecular weight excluding hydrogens is 190 g/mol. The number of rotatable bonds is 2. The van der Waals surface area contributed by atoms with E-state index in [0.29, 0.717) is 5.16 Å². The fourth-order valence-corrected chi connectivity index (χ4v) is 2.05. The van der Waals surface area contributed by atoms with Gasteiger partial charge in [-0.3, -0.25) is 4.79 Å². The number of H-pyrrole nitrogens is 1. The molecule has 0 saturated carbocycles. The molecule has 0 radical (unpaired) electrons. The van der Waals surface area contributed by atoms with Gasteiger partial charge in [-0.15, -0.1) is 5.10 Å². The first-order valence-corrected chi connectivity index (χ1v) is 4.76. The van der Waals surface area contributed by atoms with Crippen LogP contribution in [-0.2, 0) is 4.79 Å². The summed E-state index contributed by atoms with van der Waals surface area (Å²) in [6.07, 6.45) is 0.817. The minimum atomic E-state index is -0.0739. The van der Waals surface area contributed by atoms with E-state index in [0.717, 1.165) is 13.0 Å². The lowest BCUT2D eigenvalue weighted by atomic mass is 10.4. The Morgan fingerprint density at radius 1 is 1.62 bits per heavy atom. The molecule has 0 spiro atoms. The summed E-state index contributed by atoms with van der Waals surface area (Å²) in [7, 11) is 0. The van der Waals surface area contributed by atoms with Crippen molar-refractivity contribution in [3.8, 4) is 0 Å². The number of hydrogen-bond donors (Lipinski definition) is 3. The van der Waals surface area contributed by atoms with Crippen molar-refractivity contribution in [1.29, 1.82) is 0 Å². The van der Waals surface area contributed by atoms with Crippen LogP contribution >= 0.6 is 11.8 Å². The number of hydrogen-bond acceptors (Lipinski definition) is 5. The predicted molar refractivity (Wildman–Crippen MR) is 48.1 cm³/mol. The molecule has 4 N–H and O–H groups in total. The molecule has 1 aliphatic rings. The van der Waals surface area contributed by atoms with Crippen LogP contribution in [0.1, 0.15) is 6.42 Å². The largest absolute Gasteiger partial charge is 0.368 e. The predicted octanol–water partition coefficient (Wildman–Crippen LogP) is -0.633. The summed E-state index contributed by atoms with van der Waals surface area (Å²) >= 11 is 1.33. The number of carbonyl (C=O) groups is 1. The molecule has 1 aromatic heterocycles. The van der Waals surface area contributed by atoms with E-state index in [2.05, 4.69) is 20.5 Å². The van der Waals surface area contributed by atoms with Crippen molar-refractivity contribution in [1.82, 2.24) is 20.5 Å². The summed E-state index contributed by atoms with van der Waals surface area (Å²) in [6, 6.07) is 0. The van der Waals surface area contributed by atoms with Crippen LogP contribution in [0.25, 0.3) is 0 Å². The van der Waals surface area contributed by atoms with Gasteiger partial charge in [0.1, 0.15) is 0 Å². The van der Waals surface area contributed by atoms with Crippen LogP contribution in [0.2, 0.25) is 0 Å². The highest BCUT2D eigenvalue weighted by molar-refractivity contribution is 8.00. The minimum Gasteiger partial charge on any atom is -0.368 e. The Kier molecular flexibility index (Phi) is 2.09. The maximum Gasteiger partial charge on any atom is 0.233 e. The Hall–Kier alpha value is -1.24. The van der Waals surface area contributed by atoms with Crippen LogP contribution in [0.5, 0.6) is 0 Å². The normalized spacial score (nSPS) is 21.8. The molecule has 6 nitrogen and oxygen atoms in total. The van der Waals surface area contributed by atoms with Crippen LogP contribution in [0.15, 0.2) is 5.16 Å². The van der Waals surface area contributed by atoms with Gasteiger partial charge in [0.2, 0.25) is 17.0 Å². The third kappa shape index (κ3) is 1.74. The molecule has 2 rings (SSSR count). The van der Waals surface area contributed by atoms with Crippen molar-refractivity contribution >= 4 is 23.6 Å². The molecule has 1 aliphatic heterocycles. The average molecular weight is 199 g/mol. The van der Waals surface area contributed by atoms with E-state index < -0.39 is 0 Å². The molecule has 1 amide bonds. The number of aromatic nitrogens is 3. The zero-order chi connectivity index (χ0) is 9.26. The smallest absolute Gasteiger partial charge is 0.233 e. The number of aromatic amines is 1. The van der Waals surface area contributed by atoms with Crippen molar-refractivity contribution in [3.05, 3.63) is 0 Å². The Labute approximate surface area is 78.7 Å². The minimum absolute atomic E-state index is 0.0494. The number of carbonyl (C=O) groups excluding carboxylic acids is 1. The molecule has 70 valence electrons. The van der Waals surface area contributed by atoms with Crippen molar-refractivity contribution in [2.75, 3.05) is 12.3 Å². The van der Waals surface area contributed by atoms with Gasteiger partial charge >= 0.3 is 0 Å². The first-order chi connectivity index (χ1) is 6.25. The monoisotopic (exact) mass is 199 g/mol. The van der Waals surface area contributed by atoms with E-state index in [-0.39, 0.29) is 17.1 Å². The number of nitrogen functional groups attached to an aromatic ring is 1. The van der Waals surface area contributed by atoms with Crippen molar-refractivity contribution in [2.24, 2.45) is 0 Å². The summed E-state index contributed by atoms with van der Waals surface area (Å²) in [4.78, 5) is 15.1. The molecule has 7 heteroatoms. The number of nitrogens with zero attached hydrogens (tertiary/aromatic N) is 2. The molecule has 0 bridgehead atoms. The lowest BCUT2D eigenvalue weighted by Crippen LogP contribution is -2.20.